The van der Waals surface area contributed by atoms with Crippen LogP contribution in [0.25, 0.3) is 22.2 Å². The first-order chi connectivity index (χ1) is 21.2. The lowest BCUT2D eigenvalue weighted by Gasteiger charge is -2.29. The van der Waals surface area contributed by atoms with Gasteiger partial charge in [0, 0.05) is 41.6 Å². The minimum absolute atomic E-state index is 0.0354. The van der Waals surface area contributed by atoms with E-state index in [4.69, 9.17) is 21.6 Å². The molecular formula is C30H22ClF6N5O3. The molecule has 2 aliphatic rings. The van der Waals surface area contributed by atoms with E-state index in [9.17, 15) is 31.9 Å². The number of nitrogens with one attached hydrogen (secondary N) is 1. The number of nitriles is 1. The molecule has 2 saturated carbocycles. The normalized spacial score (nSPS) is 17.1. The lowest BCUT2D eigenvalue weighted by molar-refractivity contribution is 0.00826. The number of aliphatic hydroxyl groups is 1. The van der Waals surface area contributed by atoms with E-state index in [1.165, 1.54) is 25.4 Å². The highest BCUT2D eigenvalue weighted by Crippen LogP contribution is 2.48. The number of benzene rings is 2. The van der Waals surface area contributed by atoms with Gasteiger partial charge in [0.1, 0.15) is 40.3 Å². The zero-order valence-corrected chi connectivity index (χ0v) is 24.0. The number of pyridine rings is 1. The molecular weight excluding hydrogens is 628 g/mol. The van der Waals surface area contributed by atoms with Crippen LogP contribution in [0, 0.1) is 34.7 Å². The van der Waals surface area contributed by atoms with Crippen molar-refractivity contribution in [2.75, 3.05) is 13.7 Å². The van der Waals surface area contributed by atoms with Crippen LogP contribution in [0.15, 0.2) is 36.5 Å². The van der Waals surface area contributed by atoms with Crippen molar-refractivity contribution >= 4 is 28.4 Å². The van der Waals surface area contributed by atoms with Crippen LogP contribution in [0.4, 0.5) is 26.3 Å². The molecule has 1 atom stereocenters. The van der Waals surface area contributed by atoms with Gasteiger partial charge in [-0.1, -0.05) is 11.6 Å². The van der Waals surface area contributed by atoms with E-state index in [0.29, 0.717) is 60.9 Å². The number of nitrogens with zero attached hydrogens (tertiary/aromatic N) is 4. The molecule has 2 N–H and O–H groups in total. The number of hydrogen-bond donors (Lipinski definition) is 2. The summed E-state index contributed by atoms with van der Waals surface area (Å²) in [6, 6.07) is 4.90. The number of fused-ring (bicyclic) bond motifs is 1. The predicted octanol–water partition coefficient (Wildman–Crippen LogP) is 6.24. The largest absolute Gasteiger partial charge is 0.494 e. The number of carbonyl (C=O) groups excluding carboxylic acids is 1. The SMILES string of the molecule is COc1cc(C(=O)NC[C@](O)(c2cc(C(F)(F)C#N)c(F)c(-c3cc(Cl)c(F)cc3F)n2)C2CC2)cc2cn(C3(F)CC3)nc12. The molecule has 0 unspecified atom stereocenters. The van der Waals surface area contributed by atoms with Crippen molar-refractivity contribution < 1.29 is 41.0 Å². The van der Waals surface area contributed by atoms with Crippen molar-refractivity contribution in [2.24, 2.45) is 5.92 Å². The topological polar surface area (TPSA) is 113 Å². The molecule has 2 aliphatic carbocycles. The van der Waals surface area contributed by atoms with Gasteiger partial charge in [-0.25, -0.2) is 27.2 Å². The third-order valence-corrected chi connectivity index (χ3v) is 8.33. The second-order valence-electron chi connectivity index (χ2n) is 11.1. The average Bonchev–Trinajstić information content (AvgIpc) is 3.95. The number of halogens is 7. The van der Waals surface area contributed by atoms with Crippen molar-refractivity contribution in [3.8, 4) is 23.1 Å². The Balaban J connectivity index is 1.38. The molecule has 234 valence electrons. The number of amides is 1. The fraction of sp³-hybridized carbons (Fsp3) is 0.333. The predicted molar refractivity (Wildman–Crippen MR) is 148 cm³/mol. The maximum absolute atomic E-state index is 15.5. The number of hydrogen-bond acceptors (Lipinski definition) is 6. The maximum Gasteiger partial charge on any atom is 0.360 e. The summed E-state index contributed by atoms with van der Waals surface area (Å²) in [7, 11) is 1.34. The first-order valence-corrected chi connectivity index (χ1v) is 14.0. The summed E-state index contributed by atoms with van der Waals surface area (Å²) in [5.74, 6) is -11.6. The first kappa shape index (κ1) is 30.7. The molecule has 0 spiro atoms. The molecule has 0 bridgehead atoms. The number of ether oxygens (including phenoxy) is 1. The zero-order chi connectivity index (χ0) is 32.5. The van der Waals surface area contributed by atoms with E-state index in [2.05, 4.69) is 15.4 Å². The van der Waals surface area contributed by atoms with Crippen LogP contribution in [-0.2, 0) is 17.3 Å². The standard InChI is InChI=1S/C30H22ClF6N5O3/c1-45-22-7-14(6-15-11-42(41-25(15)22)28(35)4-5-28)27(43)39-13-29(44,16-2-3-16)23-9-18(30(36,37)12-38)24(34)26(40-23)17-8-19(31)21(33)10-20(17)32/h6-11,16,44H,2-5,13H2,1H3,(H,39,43)/t29-/m1/s1. The summed E-state index contributed by atoms with van der Waals surface area (Å²) >= 11 is 5.74. The van der Waals surface area contributed by atoms with Crippen LogP contribution in [0.2, 0.25) is 5.02 Å². The third kappa shape index (κ3) is 5.33. The number of rotatable bonds is 9. The number of aromatic nitrogens is 3. The van der Waals surface area contributed by atoms with Crippen molar-refractivity contribution in [3.05, 3.63) is 75.8 Å². The molecule has 0 aliphatic heterocycles. The molecule has 4 aromatic rings. The molecule has 1 amide bonds. The minimum atomic E-state index is -4.44. The average molecular weight is 650 g/mol. The van der Waals surface area contributed by atoms with Gasteiger partial charge in [-0.05, 0) is 43.0 Å². The van der Waals surface area contributed by atoms with E-state index in [-0.39, 0.29) is 11.3 Å². The highest BCUT2D eigenvalue weighted by Gasteiger charge is 2.49. The summed E-state index contributed by atoms with van der Waals surface area (Å²) < 4.78 is 94.6. The summed E-state index contributed by atoms with van der Waals surface area (Å²) in [5.41, 5.74) is -5.77. The van der Waals surface area contributed by atoms with Gasteiger partial charge in [0.15, 0.2) is 5.82 Å². The van der Waals surface area contributed by atoms with E-state index >= 15 is 4.39 Å². The van der Waals surface area contributed by atoms with Gasteiger partial charge in [0.25, 0.3) is 5.91 Å². The molecule has 0 saturated heterocycles. The summed E-state index contributed by atoms with van der Waals surface area (Å²) in [4.78, 5) is 17.3. The van der Waals surface area contributed by atoms with Gasteiger partial charge < -0.3 is 15.2 Å². The molecule has 8 nitrogen and oxygen atoms in total. The Bertz CT molecular complexity index is 1920. The first-order valence-electron chi connectivity index (χ1n) is 13.6. The molecule has 0 radical (unpaired) electrons. The van der Waals surface area contributed by atoms with Crippen LogP contribution < -0.4 is 10.1 Å². The summed E-state index contributed by atoms with van der Waals surface area (Å²) in [5, 5.41) is 27.4. The Morgan fingerprint density at radius 2 is 1.91 bits per heavy atom. The fourth-order valence-corrected chi connectivity index (χ4v) is 5.34. The summed E-state index contributed by atoms with van der Waals surface area (Å²) in [6.07, 6.45) is 2.75. The van der Waals surface area contributed by atoms with Crippen LogP contribution in [0.1, 0.15) is 47.3 Å². The van der Waals surface area contributed by atoms with E-state index in [0.717, 1.165) is 4.68 Å². The second-order valence-corrected chi connectivity index (χ2v) is 11.5. The summed E-state index contributed by atoms with van der Waals surface area (Å²) in [6.45, 7) is -0.619. The van der Waals surface area contributed by atoms with Crippen LogP contribution >= 0.6 is 11.6 Å². The quantitative estimate of drug-likeness (QED) is 0.164. The Hall–Kier alpha value is -4.35. The number of carbonyl (C=O) groups is 1. The molecule has 15 heteroatoms. The second kappa shape index (κ2) is 10.6. The zero-order valence-electron chi connectivity index (χ0n) is 23.3. The Kier molecular flexibility index (Phi) is 7.24. The molecule has 2 heterocycles. The lowest BCUT2D eigenvalue weighted by atomic mass is 9.90. The molecule has 45 heavy (non-hydrogen) atoms. The monoisotopic (exact) mass is 649 g/mol. The van der Waals surface area contributed by atoms with Gasteiger partial charge in [-0.3, -0.25) is 4.79 Å². The molecule has 2 fully saturated rings. The highest BCUT2D eigenvalue weighted by atomic mass is 35.5. The van der Waals surface area contributed by atoms with Gasteiger partial charge >= 0.3 is 5.92 Å². The molecule has 2 aromatic heterocycles. The minimum Gasteiger partial charge on any atom is -0.494 e. The van der Waals surface area contributed by atoms with Crippen molar-refractivity contribution in [2.45, 2.75) is 43.0 Å². The Labute approximate surface area is 256 Å². The van der Waals surface area contributed by atoms with Crippen molar-refractivity contribution in [1.82, 2.24) is 20.1 Å². The van der Waals surface area contributed by atoms with Gasteiger partial charge in [-0.2, -0.15) is 19.1 Å². The van der Waals surface area contributed by atoms with E-state index < -0.39 is 80.7 Å². The van der Waals surface area contributed by atoms with Gasteiger partial charge in [-0.15, -0.1) is 0 Å². The molecule has 6 rings (SSSR count). The van der Waals surface area contributed by atoms with Crippen LogP contribution in [-0.4, -0.2) is 39.4 Å². The Morgan fingerprint density at radius 3 is 2.53 bits per heavy atom. The lowest BCUT2D eigenvalue weighted by Crippen LogP contribution is -2.43. The number of alkyl halides is 3. The van der Waals surface area contributed by atoms with Crippen LogP contribution in [0.5, 0.6) is 5.75 Å². The number of methoxy groups -OCH3 is 1. The van der Waals surface area contributed by atoms with Crippen molar-refractivity contribution in [1.29, 1.82) is 5.26 Å². The van der Waals surface area contributed by atoms with E-state index in [1.54, 1.807) is 0 Å². The fourth-order valence-electron chi connectivity index (χ4n) is 5.17. The molecule has 2 aromatic carbocycles. The Morgan fingerprint density at radius 1 is 1.20 bits per heavy atom. The maximum atomic E-state index is 15.5. The van der Waals surface area contributed by atoms with E-state index in [1.807, 2.05) is 0 Å². The third-order valence-electron chi connectivity index (χ3n) is 8.04. The van der Waals surface area contributed by atoms with Gasteiger partial charge in [0.2, 0.25) is 5.79 Å². The smallest absolute Gasteiger partial charge is 0.360 e. The van der Waals surface area contributed by atoms with Gasteiger partial charge in [0.05, 0.1) is 29.9 Å². The van der Waals surface area contributed by atoms with Crippen molar-refractivity contribution in [3.63, 3.8) is 0 Å². The van der Waals surface area contributed by atoms with Crippen LogP contribution in [0.3, 0.4) is 0 Å². The highest BCUT2D eigenvalue weighted by molar-refractivity contribution is 6.31.